The van der Waals surface area contributed by atoms with Crippen molar-refractivity contribution < 1.29 is 4.79 Å². The Balaban J connectivity index is 1.78. The third kappa shape index (κ3) is 2.73. The lowest BCUT2D eigenvalue weighted by atomic mass is 10.3. The lowest BCUT2D eigenvalue weighted by molar-refractivity contribution is -0.132. The van der Waals surface area contributed by atoms with Gasteiger partial charge in [0.15, 0.2) is 0 Å². The van der Waals surface area contributed by atoms with Crippen LogP contribution in [0.3, 0.4) is 0 Å². The Kier molecular flexibility index (Phi) is 3.40. The molecule has 6 heteroatoms. The van der Waals surface area contributed by atoms with E-state index in [-0.39, 0.29) is 5.91 Å². The van der Waals surface area contributed by atoms with Crippen LogP contribution in [0, 0.1) is 0 Å². The minimum Gasteiger partial charge on any atom is -0.382 e. The van der Waals surface area contributed by atoms with E-state index >= 15 is 0 Å². The number of hydrogen-bond acceptors (Lipinski definition) is 4. The van der Waals surface area contributed by atoms with Crippen molar-refractivity contribution in [3.8, 4) is 0 Å². The summed E-state index contributed by atoms with van der Waals surface area (Å²) < 4.78 is 1.70. The summed E-state index contributed by atoms with van der Waals surface area (Å²) in [6, 6.07) is 1.73. The molecular weight excluding hydrogens is 206 g/mol. The molecule has 88 valence electrons. The van der Waals surface area contributed by atoms with Crippen LogP contribution < -0.4 is 11.1 Å². The van der Waals surface area contributed by atoms with Gasteiger partial charge in [-0.15, -0.1) is 0 Å². The number of hydrogen-bond donors (Lipinski definition) is 2. The molecule has 6 nitrogen and oxygen atoms in total. The van der Waals surface area contributed by atoms with Crippen LogP contribution in [-0.4, -0.2) is 46.8 Å². The summed E-state index contributed by atoms with van der Waals surface area (Å²) in [5, 5.41) is 7.26. The number of aromatic nitrogens is 2. The average Bonchev–Trinajstić information content (AvgIpc) is 2.73. The van der Waals surface area contributed by atoms with E-state index in [2.05, 4.69) is 10.4 Å². The predicted octanol–water partition coefficient (Wildman–Crippen LogP) is -0.713. The quantitative estimate of drug-likeness (QED) is 0.709. The van der Waals surface area contributed by atoms with Gasteiger partial charge in [-0.25, -0.2) is 0 Å². The standard InChI is InChI=1S/C10H17N5O/c11-9-1-5-15(13-9)6-2-10(16)14-7-3-12-4-8-14/h1,5,12H,2-4,6-8H2,(H2,11,13). The molecule has 0 radical (unpaired) electrons. The average molecular weight is 223 g/mol. The Hall–Kier alpha value is -1.56. The first-order valence-electron chi connectivity index (χ1n) is 5.53. The normalized spacial score (nSPS) is 16.4. The fourth-order valence-corrected chi connectivity index (χ4v) is 1.78. The number of aryl methyl sites for hydroxylation is 1. The first kappa shape index (κ1) is 10.9. The second kappa shape index (κ2) is 4.98. The van der Waals surface area contributed by atoms with Crippen molar-refractivity contribution in [1.29, 1.82) is 0 Å². The highest BCUT2D eigenvalue weighted by Gasteiger charge is 2.15. The van der Waals surface area contributed by atoms with Gasteiger partial charge in [0.2, 0.25) is 5.91 Å². The van der Waals surface area contributed by atoms with E-state index in [1.54, 1.807) is 16.9 Å². The highest BCUT2D eigenvalue weighted by atomic mass is 16.2. The number of nitrogen functional groups attached to an aromatic ring is 1. The van der Waals surface area contributed by atoms with Gasteiger partial charge in [0.1, 0.15) is 5.82 Å². The zero-order valence-corrected chi connectivity index (χ0v) is 9.22. The van der Waals surface area contributed by atoms with Gasteiger partial charge in [0.05, 0.1) is 0 Å². The van der Waals surface area contributed by atoms with Crippen molar-refractivity contribution in [3.05, 3.63) is 12.3 Å². The Morgan fingerprint density at radius 1 is 1.50 bits per heavy atom. The third-order valence-electron chi connectivity index (χ3n) is 2.69. The number of carbonyl (C=O) groups excluding carboxylic acids is 1. The van der Waals surface area contributed by atoms with Gasteiger partial charge in [-0.05, 0) is 6.07 Å². The molecule has 0 unspecified atom stereocenters. The van der Waals surface area contributed by atoms with Crippen LogP contribution in [0.1, 0.15) is 6.42 Å². The highest BCUT2D eigenvalue weighted by Crippen LogP contribution is 2.01. The van der Waals surface area contributed by atoms with Gasteiger partial charge in [-0.2, -0.15) is 5.10 Å². The Morgan fingerprint density at radius 3 is 2.88 bits per heavy atom. The summed E-state index contributed by atoms with van der Waals surface area (Å²) in [5.41, 5.74) is 5.49. The van der Waals surface area contributed by atoms with Crippen molar-refractivity contribution in [2.24, 2.45) is 0 Å². The molecular formula is C10H17N5O. The second-order valence-electron chi connectivity index (χ2n) is 3.88. The van der Waals surface area contributed by atoms with Crippen molar-refractivity contribution in [3.63, 3.8) is 0 Å². The van der Waals surface area contributed by atoms with E-state index in [0.717, 1.165) is 26.2 Å². The maximum Gasteiger partial charge on any atom is 0.224 e. The van der Waals surface area contributed by atoms with Gasteiger partial charge in [-0.3, -0.25) is 9.48 Å². The van der Waals surface area contributed by atoms with Crippen LogP contribution >= 0.6 is 0 Å². The maximum absolute atomic E-state index is 11.8. The summed E-state index contributed by atoms with van der Waals surface area (Å²) in [5.74, 6) is 0.685. The molecule has 0 atom stereocenters. The number of rotatable bonds is 3. The molecule has 1 saturated heterocycles. The first-order chi connectivity index (χ1) is 7.75. The second-order valence-corrected chi connectivity index (χ2v) is 3.88. The highest BCUT2D eigenvalue weighted by molar-refractivity contribution is 5.76. The monoisotopic (exact) mass is 223 g/mol. The minimum absolute atomic E-state index is 0.190. The zero-order valence-electron chi connectivity index (χ0n) is 9.22. The summed E-state index contributed by atoms with van der Waals surface area (Å²) in [6.07, 6.45) is 2.28. The maximum atomic E-state index is 11.8. The molecule has 1 amide bonds. The summed E-state index contributed by atoms with van der Waals surface area (Å²) in [4.78, 5) is 13.7. The summed E-state index contributed by atoms with van der Waals surface area (Å²) in [7, 11) is 0. The topological polar surface area (TPSA) is 76.2 Å². The Labute approximate surface area is 94.4 Å². The number of amides is 1. The lowest BCUT2D eigenvalue weighted by Gasteiger charge is -2.27. The molecule has 1 aromatic heterocycles. The van der Waals surface area contributed by atoms with Gasteiger partial charge in [0.25, 0.3) is 0 Å². The predicted molar refractivity (Wildman–Crippen MR) is 60.7 cm³/mol. The summed E-state index contributed by atoms with van der Waals surface area (Å²) >= 11 is 0. The lowest BCUT2D eigenvalue weighted by Crippen LogP contribution is -2.46. The molecule has 16 heavy (non-hydrogen) atoms. The fraction of sp³-hybridized carbons (Fsp3) is 0.600. The molecule has 1 aliphatic heterocycles. The van der Waals surface area contributed by atoms with Crippen LogP contribution in [0.15, 0.2) is 12.3 Å². The SMILES string of the molecule is Nc1ccn(CCC(=O)N2CCNCC2)n1. The molecule has 0 spiro atoms. The van der Waals surface area contributed by atoms with E-state index in [1.165, 1.54) is 0 Å². The first-order valence-corrected chi connectivity index (χ1v) is 5.53. The number of carbonyl (C=O) groups is 1. The number of piperazine rings is 1. The third-order valence-corrected chi connectivity index (χ3v) is 2.69. The van der Waals surface area contributed by atoms with E-state index in [9.17, 15) is 4.79 Å². The van der Waals surface area contributed by atoms with Crippen molar-refractivity contribution in [1.82, 2.24) is 20.0 Å². The smallest absolute Gasteiger partial charge is 0.224 e. The number of anilines is 1. The Bertz CT molecular complexity index is 356. The van der Waals surface area contributed by atoms with Gasteiger partial charge in [0, 0.05) is 45.3 Å². The molecule has 1 aromatic rings. The molecule has 1 fully saturated rings. The van der Waals surface area contributed by atoms with E-state index in [4.69, 9.17) is 5.73 Å². The van der Waals surface area contributed by atoms with Crippen LogP contribution in [-0.2, 0) is 11.3 Å². The minimum atomic E-state index is 0.190. The van der Waals surface area contributed by atoms with Crippen molar-refractivity contribution in [2.45, 2.75) is 13.0 Å². The largest absolute Gasteiger partial charge is 0.382 e. The van der Waals surface area contributed by atoms with Crippen LogP contribution in [0.25, 0.3) is 0 Å². The molecule has 0 bridgehead atoms. The van der Waals surface area contributed by atoms with Crippen LogP contribution in [0.2, 0.25) is 0 Å². The number of nitrogens with zero attached hydrogens (tertiary/aromatic N) is 3. The van der Waals surface area contributed by atoms with E-state index < -0.39 is 0 Å². The van der Waals surface area contributed by atoms with Crippen LogP contribution in [0.5, 0.6) is 0 Å². The van der Waals surface area contributed by atoms with E-state index in [0.29, 0.717) is 18.8 Å². The molecule has 2 heterocycles. The van der Waals surface area contributed by atoms with Crippen molar-refractivity contribution >= 4 is 11.7 Å². The zero-order chi connectivity index (χ0) is 11.4. The van der Waals surface area contributed by atoms with Gasteiger partial charge < -0.3 is 16.0 Å². The molecule has 0 aromatic carbocycles. The van der Waals surface area contributed by atoms with Crippen molar-refractivity contribution in [2.75, 3.05) is 31.9 Å². The van der Waals surface area contributed by atoms with Gasteiger partial charge in [-0.1, -0.05) is 0 Å². The van der Waals surface area contributed by atoms with E-state index in [1.807, 2.05) is 4.90 Å². The molecule has 3 N–H and O–H groups in total. The summed E-state index contributed by atoms with van der Waals surface area (Å²) in [6.45, 7) is 3.99. The Morgan fingerprint density at radius 2 is 2.25 bits per heavy atom. The molecule has 0 saturated carbocycles. The van der Waals surface area contributed by atoms with Gasteiger partial charge >= 0.3 is 0 Å². The molecule has 1 aliphatic rings. The fourth-order valence-electron chi connectivity index (χ4n) is 1.78. The number of nitrogens with two attached hydrogens (primary N) is 1. The number of nitrogens with one attached hydrogen (secondary N) is 1. The molecule has 0 aliphatic carbocycles. The van der Waals surface area contributed by atoms with Crippen LogP contribution in [0.4, 0.5) is 5.82 Å². The molecule has 2 rings (SSSR count).